The number of aliphatic hydroxyl groups excluding tert-OH is 2. The van der Waals surface area contributed by atoms with Gasteiger partial charge in [0.05, 0.1) is 6.61 Å². The van der Waals surface area contributed by atoms with Gasteiger partial charge in [0.2, 0.25) is 0 Å². The van der Waals surface area contributed by atoms with Crippen LogP contribution in [0.15, 0.2) is 0 Å². The molecule has 0 saturated carbocycles. The Kier molecular flexibility index (Phi) is 9.39. The van der Waals surface area contributed by atoms with Crippen molar-refractivity contribution in [3.8, 4) is 0 Å². The molecule has 4 atom stereocenters. The van der Waals surface area contributed by atoms with Crippen molar-refractivity contribution in [2.45, 2.75) is 77.0 Å². The highest BCUT2D eigenvalue weighted by Crippen LogP contribution is 2.19. The first kappa shape index (κ1) is 17.9. The minimum atomic E-state index is -1.04. The molecule has 1 saturated heterocycles. The lowest BCUT2D eigenvalue weighted by molar-refractivity contribution is -0.275. The van der Waals surface area contributed by atoms with Crippen molar-refractivity contribution in [2.75, 3.05) is 19.8 Å². The van der Waals surface area contributed by atoms with Gasteiger partial charge in [-0.2, -0.15) is 0 Å². The van der Waals surface area contributed by atoms with E-state index in [1.54, 1.807) is 0 Å². The third-order valence-corrected chi connectivity index (χ3v) is 3.60. The molecule has 0 aromatic carbocycles. The highest BCUT2D eigenvalue weighted by atomic mass is 16.7. The largest absolute Gasteiger partial charge is 0.387 e. The summed E-state index contributed by atoms with van der Waals surface area (Å²) in [5, 5.41) is 19.8. The molecule has 0 aromatic rings. The molecule has 0 aromatic heterocycles. The summed E-state index contributed by atoms with van der Waals surface area (Å²) in [6.07, 6.45) is 3.99. The van der Waals surface area contributed by atoms with E-state index in [2.05, 4.69) is 6.92 Å². The molecule has 1 aliphatic heterocycles. The van der Waals surface area contributed by atoms with Crippen molar-refractivity contribution in [1.29, 1.82) is 0 Å². The molecule has 0 unspecified atom stereocenters. The maximum Gasteiger partial charge on any atom is 0.186 e. The van der Waals surface area contributed by atoms with E-state index in [9.17, 15) is 10.2 Å². The van der Waals surface area contributed by atoms with Crippen molar-refractivity contribution < 1.29 is 24.4 Å². The Labute approximate surface area is 122 Å². The summed E-state index contributed by atoms with van der Waals surface area (Å²) < 4.78 is 16.2. The Morgan fingerprint density at radius 1 is 0.950 bits per heavy atom. The number of hydrogen-bond acceptors (Lipinski definition) is 5. The molecule has 20 heavy (non-hydrogen) atoms. The minimum Gasteiger partial charge on any atom is -0.387 e. The number of rotatable bonds is 10. The van der Waals surface area contributed by atoms with Gasteiger partial charge in [-0.3, -0.25) is 0 Å². The fraction of sp³-hybridized carbons (Fsp3) is 1.00. The quantitative estimate of drug-likeness (QED) is 0.601. The van der Waals surface area contributed by atoms with E-state index in [4.69, 9.17) is 14.2 Å². The van der Waals surface area contributed by atoms with Crippen molar-refractivity contribution >= 4 is 0 Å². The second-order valence-corrected chi connectivity index (χ2v) is 5.32. The van der Waals surface area contributed by atoms with Crippen molar-refractivity contribution in [2.24, 2.45) is 0 Å². The smallest absolute Gasteiger partial charge is 0.186 e. The molecular formula is C15H30O5. The monoisotopic (exact) mass is 290 g/mol. The van der Waals surface area contributed by atoms with Crippen molar-refractivity contribution in [3.63, 3.8) is 0 Å². The molecule has 1 aliphatic rings. The van der Waals surface area contributed by atoms with Gasteiger partial charge in [0.1, 0.15) is 18.3 Å². The molecule has 120 valence electrons. The number of aliphatic hydroxyl groups is 2. The van der Waals surface area contributed by atoms with Gasteiger partial charge in [0, 0.05) is 13.2 Å². The average Bonchev–Trinajstić information content (AvgIpc) is 2.45. The molecule has 5 heteroatoms. The van der Waals surface area contributed by atoms with Crippen LogP contribution in [0.3, 0.4) is 0 Å². The van der Waals surface area contributed by atoms with Gasteiger partial charge in [-0.05, 0) is 13.3 Å². The molecule has 0 radical (unpaired) electrons. The maximum atomic E-state index is 9.97. The van der Waals surface area contributed by atoms with Gasteiger partial charge in [-0.15, -0.1) is 0 Å². The minimum absolute atomic E-state index is 0.263. The van der Waals surface area contributed by atoms with Gasteiger partial charge in [0.25, 0.3) is 0 Å². The zero-order chi connectivity index (χ0) is 14.8. The van der Waals surface area contributed by atoms with Crippen LogP contribution in [-0.2, 0) is 14.2 Å². The molecular weight excluding hydrogens is 260 g/mol. The first-order valence-corrected chi connectivity index (χ1v) is 7.91. The third-order valence-electron chi connectivity index (χ3n) is 3.60. The van der Waals surface area contributed by atoms with Gasteiger partial charge in [-0.25, -0.2) is 0 Å². The van der Waals surface area contributed by atoms with Crippen molar-refractivity contribution in [1.82, 2.24) is 0 Å². The van der Waals surface area contributed by atoms with E-state index < -0.39 is 24.6 Å². The summed E-state index contributed by atoms with van der Waals surface area (Å²) in [5.41, 5.74) is 0. The highest BCUT2D eigenvalue weighted by molar-refractivity contribution is 4.83. The van der Waals surface area contributed by atoms with E-state index in [-0.39, 0.29) is 6.61 Å². The van der Waals surface area contributed by atoms with E-state index in [1.807, 2.05) is 6.92 Å². The molecule has 1 fully saturated rings. The topological polar surface area (TPSA) is 68.2 Å². The van der Waals surface area contributed by atoms with Crippen LogP contribution in [-0.4, -0.2) is 54.6 Å². The maximum absolute atomic E-state index is 9.97. The fourth-order valence-electron chi connectivity index (χ4n) is 2.34. The standard InChI is InChI=1S/C15H30O5/c1-3-5-6-7-8-9-10-19-12-11-20-15(18-4-2)14(17)13(12)16/h12-17H,3-11H2,1-2H3/t12-,13+,14-,15-/m1/s1. The first-order chi connectivity index (χ1) is 9.70. The number of unbranched alkanes of at least 4 members (excludes halogenated alkanes) is 5. The summed E-state index contributed by atoms with van der Waals surface area (Å²) >= 11 is 0. The second-order valence-electron chi connectivity index (χ2n) is 5.32. The van der Waals surface area contributed by atoms with Crippen LogP contribution < -0.4 is 0 Å². The molecule has 0 aliphatic carbocycles. The highest BCUT2D eigenvalue weighted by Gasteiger charge is 2.39. The Morgan fingerprint density at radius 2 is 1.65 bits per heavy atom. The van der Waals surface area contributed by atoms with E-state index in [0.717, 1.165) is 12.8 Å². The zero-order valence-electron chi connectivity index (χ0n) is 12.8. The van der Waals surface area contributed by atoms with Crippen LogP contribution in [0.2, 0.25) is 0 Å². The number of ether oxygens (including phenoxy) is 3. The molecule has 1 heterocycles. The zero-order valence-corrected chi connectivity index (χ0v) is 12.8. The van der Waals surface area contributed by atoms with Gasteiger partial charge >= 0.3 is 0 Å². The predicted molar refractivity (Wildman–Crippen MR) is 76.5 cm³/mol. The Bertz CT molecular complexity index is 236. The van der Waals surface area contributed by atoms with Crippen molar-refractivity contribution in [3.05, 3.63) is 0 Å². The molecule has 5 nitrogen and oxygen atoms in total. The van der Waals surface area contributed by atoms with Crippen LogP contribution in [0, 0.1) is 0 Å². The van der Waals surface area contributed by atoms with Gasteiger partial charge in [-0.1, -0.05) is 39.0 Å². The number of hydrogen-bond donors (Lipinski definition) is 2. The van der Waals surface area contributed by atoms with E-state index in [1.165, 1.54) is 25.7 Å². The fourth-order valence-corrected chi connectivity index (χ4v) is 2.34. The predicted octanol–water partition coefficient (Wildman–Crippen LogP) is 1.85. The average molecular weight is 290 g/mol. The summed E-state index contributed by atoms with van der Waals surface area (Å²) in [5.74, 6) is 0. The van der Waals surface area contributed by atoms with Crippen LogP contribution in [0.1, 0.15) is 52.4 Å². The van der Waals surface area contributed by atoms with E-state index >= 15 is 0 Å². The van der Waals surface area contributed by atoms with Gasteiger partial charge < -0.3 is 24.4 Å². The Hall–Kier alpha value is -0.200. The lowest BCUT2D eigenvalue weighted by Crippen LogP contribution is -2.54. The molecule has 0 bridgehead atoms. The third kappa shape index (κ3) is 6.06. The molecule has 0 spiro atoms. The molecule has 1 rings (SSSR count). The summed E-state index contributed by atoms with van der Waals surface area (Å²) in [4.78, 5) is 0. The molecule has 2 N–H and O–H groups in total. The molecule has 0 amide bonds. The Morgan fingerprint density at radius 3 is 2.35 bits per heavy atom. The first-order valence-electron chi connectivity index (χ1n) is 7.91. The van der Waals surface area contributed by atoms with Crippen LogP contribution in [0.4, 0.5) is 0 Å². The Balaban J connectivity index is 2.12. The van der Waals surface area contributed by atoms with Crippen LogP contribution in [0.25, 0.3) is 0 Å². The summed E-state index contributed by atoms with van der Waals surface area (Å²) in [6.45, 7) is 5.33. The summed E-state index contributed by atoms with van der Waals surface area (Å²) in [6, 6.07) is 0. The normalized spacial score (nSPS) is 30.6. The van der Waals surface area contributed by atoms with Crippen LogP contribution in [0.5, 0.6) is 0 Å². The lowest BCUT2D eigenvalue weighted by atomic mass is 10.1. The second kappa shape index (κ2) is 10.5. The van der Waals surface area contributed by atoms with E-state index in [0.29, 0.717) is 13.2 Å². The van der Waals surface area contributed by atoms with Crippen LogP contribution >= 0.6 is 0 Å². The summed E-state index contributed by atoms with van der Waals surface area (Å²) in [7, 11) is 0. The van der Waals surface area contributed by atoms with Gasteiger partial charge in [0.15, 0.2) is 6.29 Å². The SMILES string of the molecule is CCCCCCCCO[C@@H]1CO[C@@H](OCC)[C@H](O)[C@H]1O. The lowest BCUT2D eigenvalue weighted by Gasteiger charge is -2.36.